The molecule has 2 aromatic carbocycles. The molecule has 0 bridgehead atoms. The van der Waals surface area contributed by atoms with Gasteiger partial charge in [0.25, 0.3) is 0 Å². The first-order valence-electron chi connectivity index (χ1n) is 6.52. The van der Waals surface area contributed by atoms with Crippen molar-refractivity contribution in [3.05, 3.63) is 72.1 Å². The molecule has 2 aromatic rings. The SMILES string of the molecule is C=CCOc1ccccc1CNc1cc(C)ccc1F. The average molecular weight is 271 g/mol. The minimum Gasteiger partial charge on any atom is -0.489 e. The number of hydrogen-bond acceptors (Lipinski definition) is 2. The molecule has 2 rings (SSSR count). The van der Waals surface area contributed by atoms with Crippen LogP contribution in [0.25, 0.3) is 0 Å². The van der Waals surface area contributed by atoms with Gasteiger partial charge in [0.15, 0.2) is 0 Å². The molecule has 1 N–H and O–H groups in total. The Hall–Kier alpha value is -2.29. The largest absolute Gasteiger partial charge is 0.489 e. The summed E-state index contributed by atoms with van der Waals surface area (Å²) in [6.07, 6.45) is 1.70. The van der Waals surface area contributed by atoms with E-state index < -0.39 is 0 Å². The Balaban J connectivity index is 2.10. The van der Waals surface area contributed by atoms with Gasteiger partial charge in [-0.25, -0.2) is 4.39 Å². The lowest BCUT2D eigenvalue weighted by Gasteiger charge is -2.12. The third-order valence-corrected chi connectivity index (χ3v) is 2.92. The van der Waals surface area contributed by atoms with Crippen molar-refractivity contribution < 1.29 is 9.13 Å². The Morgan fingerprint density at radius 1 is 1.25 bits per heavy atom. The van der Waals surface area contributed by atoms with Gasteiger partial charge in [-0.2, -0.15) is 0 Å². The first-order valence-corrected chi connectivity index (χ1v) is 6.52. The normalized spacial score (nSPS) is 10.1. The van der Waals surface area contributed by atoms with E-state index in [2.05, 4.69) is 11.9 Å². The van der Waals surface area contributed by atoms with Crippen molar-refractivity contribution in [2.75, 3.05) is 11.9 Å². The van der Waals surface area contributed by atoms with E-state index in [0.717, 1.165) is 16.9 Å². The van der Waals surface area contributed by atoms with Crippen molar-refractivity contribution in [1.82, 2.24) is 0 Å². The van der Waals surface area contributed by atoms with Crippen LogP contribution in [0.15, 0.2) is 55.1 Å². The third kappa shape index (κ3) is 3.60. The maximum atomic E-state index is 13.7. The molecule has 0 radical (unpaired) electrons. The molecule has 0 aliphatic carbocycles. The molecule has 0 fully saturated rings. The second-order valence-electron chi connectivity index (χ2n) is 4.54. The van der Waals surface area contributed by atoms with Crippen molar-refractivity contribution in [2.24, 2.45) is 0 Å². The third-order valence-electron chi connectivity index (χ3n) is 2.92. The molecule has 104 valence electrons. The highest BCUT2D eigenvalue weighted by atomic mass is 19.1. The van der Waals surface area contributed by atoms with Gasteiger partial charge in [0, 0.05) is 12.1 Å². The molecule has 20 heavy (non-hydrogen) atoms. The summed E-state index contributed by atoms with van der Waals surface area (Å²) in [6.45, 7) is 6.53. The van der Waals surface area contributed by atoms with Crippen LogP contribution < -0.4 is 10.1 Å². The molecule has 0 spiro atoms. The zero-order valence-corrected chi connectivity index (χ0v) is 11.5. The highest BCUT2D eigenvalue weighted by molar-refractivity contribution is 5.48. The van der Waals surface area contributed by atoms with Crippen LogP contribution in [-0.4, -0.2) is 6.61 Å². The van der Waals surface area contributed by atoms with Crippen molar-refractivity contribution >= 4 is 5.69 Å². The van der Waals surface area contributed by atoms with E-state index in [1.165, 1.54) is 6.07 Å². The fraction of sp³-hybridized carbons (Fsp3) is 0.176. The van der Waals surface area contributed by atoms with E-state index in [1.54, 1.807) is 18.2 Å². The first-order chi connectivity index (χ1) is 9.70. The fourth-order valence-electron chi connectivity index (χ4n) is 1.90. The molecule has 0 unspecified atom stereocenters. The van der Waals surface area contributed by atoms with E-state index in [-0.39, 0.29) is 5.82 Å². The molecule has 2 nitrogen and oxygen atoms in total. The smallest absolute Gasteiger partial charge is 0.146 e. The lowest BCUT2D eigenvalue weighted by Crippen LogP contribution is -2.04. The molecule has 3 heteroatoms. The molecule has 0 aliphatic heterocycles. The Kier molecular flexibility index (Phi) is 4.77. The second-order valence-corrected chi connectivity index (χ2v) is 4.54. The number of rotatable bonds is 6. The maximum Gasteiger partial charge on any atom is 0.146 e. The minimum absolute atomic E-state index is 0.250. The highest BCUT2D eigenvalue weighted by Crippen LogP contribution is 2.21. The van der Waals surface area contributed by atoms with E-state index in [0.29, 0.717) is 18.8 Å². The minimum atomic E-state index is -0.250. The van der Waals surface area contributed by atoms with Gasteiger partial charge in [-0.3, -0.25) is 0 Å². The number of para-hydroxylation sites is 1. The van der Waals surface area contributed by atoms with Crippen molar-refractivity contribution in [3.8, 4) is 5.75 Å². The number of hydrogen-bond donors (Lipinski definition) is 1. The maximum absolute atomic E-state index is 13.7. The summed E-state index contributed by atoms with van der Waals surface area (Å²) in [7, 11) is 0. The monoisotopic (exact) mass is 271 g/mol. The van der Waals surface area contributed by atoms with Gasteiger partial charge in [-0.15, -0.1) is 0 Å². The summed E-state index contributed by atoms with van der Waals surface area (Å²) in [5.74, 6) is 0.535. The average Bonchev–Trinajstić information content (AvgIpc) is 2.47. The summed E-state index contributed by atoms with van der Waals surface area (Å²) in [4.78, 5) is 0. The first kappa shape index (κ1) is 14.1. The van der Waals surface area contributed by atoms with Crippen LogP contribution in [0.1, 0.15) is 11.1 Å². The number of halogens is 1. The molecular formula is C17H18FNO. The van der Waals surface area contributed by atoms with Crippen LogP contribution in [0.2, 0.25) is 0 Å². The van der Waals surface area contributed by atoms with E-state index >= 15 is 0 Å². The summed E-state index contributed by atoms with van der Waals surface area (Å²) in [6, 6.07) is 12.7. The molecule has 0 atom stereocenters. The number of anilines is 1. The summed E-state index contributed by atoms with van der Waals surface area (Å²) < 4.78 is 19.2. The van der Waals surface area contributed by atoms with Crippen molar-refractivity contribution in [1.29, 1.82) is 0 Å². The quantitative estimate of drug-likeness (QED) is 0.790. The van der Waals surface area contributed by atoms with Gasteiger partial charge in [0.1, 0.15) is 18.2 Å². The lowest BCUT2D eigenvalue weighted by atomic mass is 10.1. The van der Waals surface area contributed by atoms with Crippen LogP contribution >= 0.6 is 0 Å². The van der Waals surface area contributed by atoms with Gasteiger partial charge >= 0.3 is 0 Å². The van der Waals surface area contributed by atoms with Gasteiger partial charge in [-0.05, 0) is 30.7 Å². The molecule has 0 saturated heterocycles. The summed E-state index contributed by atoms with van der Waals surface area (Å²) in [5, 5.41) is 3.11. The topological polar surface area (TPSA) is 21.3 Å². The molecule has 0 aliphatic rings. The number of nitrogens with one attached hydrogen (secondary N) is 1. The molecular weight excluding hydrogens is 253 g/mol. The number of aryl methyl sites for hydroxylation is 1. The Morgan fingerprint density at radius 2 is 2.05 bits per heavy atom. The van der Waals surface area contributed by atoms with E-state index in [9.17, 15) is 4.39 Å². The Morgan fingerprint density at radius 3 is 2.85 bits per heavy atom. The molecule has 0 amide bonds. The van der Waals surface area contributed by atoms with Crippen molar-refractivity contribution in [3.63, 3.8) is 0 Å². The van der Waals surface area contributed by atoms with Crippen LogP contribution in [0, 0.1) is 12.7 Å². The summed E-state index contributed by atoms with van der Waals surface area (Å²) >= 11 is 0. The van der Waals surface area contributed by atoms with Crippen molar-refractivity contribution in [2.45, 2.75) is 13.5 Å². The van der Waals surface area contributed by atoms with Crippen LogP contribution in [0.3, 0.4) is 0 Å². The van der Waals surface area contributed by atoms with Crippen LogP contribution in [-0.2, 0) is 6.54 Å². The fourth-order valence-corrected chi connectivity index (χ4v) is 1.90. The van der Waals surface area contributed by atoms with Crippen LogP contribution in [0.5, 0.6) is 5.75 Å². The van der Waals surface area contributed by atoms with E-state index in [4.69, 9.17) is 4.74 Å². The number of benzene rings is 2. The lowest BCUT2D eigenvalue weighted by molar-refractivity contribution is 0.359. The highest BCUT2D eigenvalue weighted by Gasteiger charge is 2.05. The van der Waals surface area contributed by atoms with Gasteiger partial charge in [0.05, 0.1) is 5.69 Å². The van der Waals surface area contributed by atoms with Gasteiger partial charge < -0.3 is 10.1 Å². The summed E-state index contributed by atoms with van der Waals surface area (Å²) in [5.41, 5.74) is 2.50. The Labute approximate surface area is 118 Å². The number of ether oxygens (including phenoxy) is 1. The van der Waals surface area contributed by atoms with Gasteiger partial charge in [-0.1, -0.05) is 36.9 Å². The zero-order chi connectivity index (χ0) is 14.4. The van der Waals surface area contributed by atoms with Crippen LogP contribution in [0.4, 0.5) is 10.1 Å². The van der Waals surface area contributed by atoms with E-state index in [1.807, 2.05) is 31.2 Å². The molecule has 0 heterocycles. The molecule has 0 aromatic heterocycles. The molecule has 0 saturated carbocycles. The zero-order valence-electron chi connectivity index (χ0n) is 11.5. The predicted molar refractivity (Wildman–Crippen MR) is 80.6 cm³/mol. The second kappa shape index (κ2) is 6.75. The van der Waals surface area contributed by atoms with Gasteiger partial charge in [0.2, 0.25) is 0 Å². The predicted octanol–water partition coefficient (Wildman–Crippen LogP) is 4.31. The standard InChI is InChI=1S/C17H18FNO/c1-3-10-20-17-7-5-4-6-14(17)12-19-16-11-13(2)8-9-15(16)18/h3-9,11,19H,1,10,12H2,2H3. The Bertz CT molecular complexity index is 595.